The number of hydrogen-bond donors (Lipinski definition) is 1. The molecule has 0 saturated heterocycles. The highest BCUT2D eigenvalue weighted by molar-refractivity contribution is 14.1. The van der Waals surface area contributed by atoms with Crippen molar-refractivity contribution in [2.75, 3.05) is 12.4 Å². The third-order valence-corrected chi connectivity index (χ3v) is 5.04. The largest absolute Gasteiger partial charge is 0.351 e. The minimum absolute atomic E-state index is 0.0212. The normalized spacial score (nSPS) is 16.6. The van der Waals surface area contributed by atoms with Gasteiger partial charge in [0.25, 0.3) is 5.91 Å². The average Bonchev–Trinajstić information content (AvgIpc) is 3.10. The topological polar surface area (TPSA) is 29.1 Å². The summed E-state index contributed by atoms with van der Waals surface area (Å²) in [6.07, 6.45) is 2.23. The molecule has 1 aliphatic rings. The van der Waals surface area contributed by atoms with E-state index in [4.69, 9.17) is 11.6 Å². The minimum Gasteiger partial charge on any atom is -0.351 e. The predicted molar refractivity (Wildman–Crippen MR) is 81.6 cm³/mol. The first kappa shape index (κ1) is 13.6. The van der Waals surface area contributed by atoms with Crippen molar-refractivity contribution in [2.45, 2.75) is 12.8 Å². The summed E-state index contributed by atoms with van der Waals surface area (Å²) >= 11 is 11.4. The van der Waals surface area contributed by atoms with E-state index in [1.54, 1.807) is 0 Å². The summed E-state index contributed by atoms with van der Waals surface area (Å²) in [6.45, 7) is 0.678. The van der Waals surface area contributed by atoms with Crippen LogP contribution in [0.5, 0.6) is 0 Å². The first-order valence-corrected chi connectivity index (χ1v) is 7.76. The third-order valence-electron chi connectivity index (χ3n) is 3.04. The zero-order valence-corrected chi connectivity index (χ0v) is 13.6. The van der Waals surface area contributed by atoms with E-state index >= 15 is 0 Å². The van der Waals surface area contributed by atoms with Crippen molar-refractivity contribution in [1.82, 2.24) is 5.32 Å². The number of carbonyl (C=O) groups is 1. The van der Waals surface area contributed by atoms with Crippen molar-refractivity contribution in [3.05, 3.63) is 31.8 Å². The minimum atomic E-state index is -0.0212. The quantitative estimate of drug-likeness (QED) is 0.574. The lowest BCUT2D eigenvalue weighted by Gasteiger charge is -2.13. The number of nitrogens with one attached hydrogen (secondary N) is 1. The lowest BCUT2D eigenvalue weighted by atomic mass is 10.1. The van der Waals surface area contributed by atoms with Gasteiger partial charge in [-0.25, -0.2) is 0 Å². The van der Waals surface area contributed by atoms with Crippen LogP contribution in [0.15, 0.2) is 22.7 Å². The maximum atomic E-state index is 12.0. The molecule has 5 heteroatoms. The zero-order valence-electron chi connectivity index (χ0n) is 9.10. The maximum Gasteiger partial charge on any atom is 0.252 e. The Morgan fingerprint density at radius 3 is 2.82 bits per heavy atom. The highest BCUT2D eigenvalue weighted by atomic mass is 127. The predicted octanol–water partition coefficient (Wildman–Crippen LogP) is 3.80. The molecule has 1 fully saturated rings. The lowest BCUT2D eigenvalue weighted by Crippen LogP contribution is -2.31. The molecule has 1 aliphatic carbocycles. The number of alkyl halides is 1. The second-order valence-corrected chi connectivity index (χ2v) is 6.79. The molecular weight excluding hydrogens is 416 g/mol. The van der Waals surface area contributed by atoms with Gasteiger partial charge < -0.3 is 5.32 Å². The maximum absolute atomic E-state index is 12.0. The Morgan fingerprint density at radius 1 is 1.53 bits per heavy atom. The Morgan fingerprint density at radius 2 is 2.24 bits per heavy atom. The number of hydrogen-bond acceptors (Lipinski definition) is 1. The van der Waals surface area contributed by atoms with Crippen LogP contribution < -0.4 is 5.32 Å². The third kappa shape index (κ3) is 3.35. The van der Waals surface area contributed by atoms with Crippen molar-refractivity contribution in [1.29, 1.82) is 0 Å². The van der Waals surface area contributed by atoms with Crippen molar-refractivity contribution in [3.8, 4) is 0 Å². The highest BCUT2D eigenvalue weighted by Crippen LogP contribution is 2.45. The molecular formula is C12H12BrClINO. The van der Waals surface area contributed by atoms with Gasteiger partial charge >= 0.3 is 0 Å². The molecule has 92 valence electrons. The molecule has 0 bridgehead atoms. The van der Waals surface area contributed by atoms with Crippen molar-refractivity contribution < 1.29 is 4.79 Å². The van der Waals surface area contributed by atoms with Gasteiger partial charge in [-0.1, -0.05) is 15.9 Å². The first-order valence-electron chi connectivity index (χ1n) is 5.36. The Bertz CT molecular complexity index is 448. The van der Waals surface area contributed by atoms with Gasteiger partial charge in [0.05, 0.1) is 5.56 Å². The summed E-state index contributed by atoms with van der Waals surface area (Å²) in [5, 5.41) is 2.97. The number of benzene rings is 1. The summed E-state index contributed by atoms with van der Waals surface area (Å²) in [6, 6.07) is 5.70. The van der Waals surface area contributed by atoms with E-state index in [1.807, 2.05) is 18.2 Å². The van der Waals surface area contributed by atoms with Crippen LogP contribution in [0.3, 0.4) is 0 Å². The average molecular weight is 428 g/mol. The van der Waals surface area contributed by atoms with Gasteiger partial charge in [0.15, 0.2) is 0 Å². The Labute approximate surface area is 128 Å². The Balaban J connectivity index is 2.02. The zero-order chi connectivity index (χ0) is 12.5. The van der Waals surface area contributed by atoms with Gasteiger partial charge in [0, 0.05) is 25.9 Å². The molecule has 2 nitrogen and oxygen atoms in total. The molecule has 17 heavy (non-hydrogen) atoms. The molecule has 0 spiro atoms. The standard InChI is InChI=1S/C12H12BrClINO/c13-8-1-2-10(15)9(5-8)11(17)16-7-12(6-14)3-4-12/h1-2,5H,3-4,6-7H2,(H,16,17). The van der Waals surface area contributed by atoms with Crippen LogP contribution in [0.1, 0.15) is 23.2 Å². The second kappa shape index (κ2) is 5.45. The van der Waals surface area contributed by atoms with Gasteiger partial charge in [0.2, 0.25) is 0 Å². The monoisotopic (exact) mass is 427 g/mol. The molecule has 0 aromatic heterocycles. The molecule has 1 amide bonds. The first-order chi connectivity index (χ1) is 8.06. The summed E-state index contributed by atoms with van der Waals surface area (Å²) in [7, 11) is 0. The molecule has 2 rings (SSSR count). The van der Waals surface area contributed by atoms with E-state index in [0.29, 0.717) is 18.0 Å². The van der Waals surface area contributed by atoms with Gasteiger partial charge in [-0.15, -0.1) is 11.6 Å². The summed E-state index contributed by atoms with van der Waals surface area (Å²) in [5.74, 6) is 0.607. The van der Waals surface area contributed by atoms with Crippen LogP contribution >= 0.6 is 50.1 Å². The molecule has 0 unspecified atom stereocenters. The summed E-state index contributed by atoms with van der Waals surface area (Å²) < 4.78 is 1.88. The molecule has 1 N–H and O–H groups in total. The summed E-state index contributed by atoms with van der Waals surface area (Å²) in [5.41, 5.74) is 0.875. The van der Waals surface area contributed by atoms with E-state index in [0.717, 1.165) is 20.9 Å². The molecule has 1 saturated carbocycles. The van der Waals surface area contributed by atoms with E-state index < -0.39 is 0 Å². The second-order valence-electron chi connectivity index (χ2n) is 4.44. The highest BCUT2D eigenvalue weighted by Gasteiger charge is 2.41. The van der Waals surface area contributed by atoms with Crippen LogP contribution in [-0.4, -0.2) is 18.3 Å². The van der Waals surface area contributed by atoms with Gasteiger partial charge in [0.1, 0.15) is 0 Å². The van der Waals surface area contributed by atoms with Gasteiger partial charge in [-0.2, -0.15) is 0 Å². The lowest BCUT2D eigenvalue weighted by molar-refractivity contribution is 0.0945. The fourth-order valence-corrected chi connectivity index (χ4v) is 2.87. The molecule has 0 heterocycles. The van der Waals surface area contributed by atoms with Crippen molar-refractivity contribution in [3.63, 3.8) is 0 Å². The van der Waals surface area contributed by atoms with Gasteiger partial charge in [-0.05, 0) is 53.6 Å². The van der Waals surface area contributed by atoms with Gasteiger partial charge in [-0.3, -0.25) is 4.79 Å². The van der Waals surface area contributed by atoms with E-state index in [-0.39, 0.29) is 11.3 Å². The molecule has 0 radical (unpaired) electrons. The van der Waals surface area contributed by atoms with Crippen LogP contribution in [0.4, 0.5) is 0 Å². The van der Waals surface area contributed by atoms with E-state index in [1.165, 1.54) is 0 Å². The van der Waals surface area contributed by atoms with Crippen LogP contribution in [-0.2, 0) is 0 Å². The Kier molecular flexibility index (Phi) is 4.36. The van der Waals surface area contributed by atoms with E-state index in [9.17, 15) is 4.79 Å². The molecule has 0 atom stereocenters. The molecule has 1 aromatic carbocycles. The fraction of sp³-hybridized carbons (Fsp3) is 0.417. The Hall–Kier alpha value is 0.190. The smallest absolute Gasteiger partial charge is 0.252 e. The molecule has 0 aliphatic heterocycles. The van der Waals surface area contributed by atoms with E-state index in [2.05, 4.69) is 43.8 Å². The number of amides is 1. The number of carbonyl (C=O) groups excluding carboxylic acids is 1. The molecule has 1 aromatic rings. The SMILES string of the molecule is O=C(NCC1(CCl)CC1)c1cc(Br)ccc1I. The fourth-order valence-electron chi connectivity index (χ4n) is 1.57. The van der Waals surface area contributed by atoms with Crippen molar-refractivity contribution >= 4 is 56.0 Å². The summed E-state index contributed by atoms with van der Waals surface area (Å²) in [4.78, 5) is 12.0. The van der Waals surface area contributed by atoms with Crippen LogP contribution in [0.2, 0.25) is 0 Å². The van der Waals surface area contributed by atoms with Crippen molar-refractivity contribution in [2.24, 2.45) is 5.41 Å². The van der Waals surface area contributed by atoms with Crippen LogP contribution in [0.25, 0.3) is 0 Å². The van der Waals surface area contributed by atoms with Crippen LogP contribution in [0, 0.1) is 8.99 Å². The number of halogens is 3. The number of rotatable bonds is 4.